The Hall–Kier alpha value is -2.38. The molecule has 0 fully saturated rings. The number of thiophene rings is 1. The molecule has 0 aliphatic carbocycles. The van der Waals surface area contributed by atoms with Gasteiger partial charge in [-0.1, -0.05) is 0 Å². The number of hydrogen-bond acceptors (Lipinski definition) is 5. The first-order valence-electron chi connectivity index (χ1n) is 7.43. The molecular formula is C17H21N3O3S. The van der Waals surface area contributed by atoms with Crippen molar-refractivity contribution >= 4 is 29.0 Å². The van der Waals surface area contributed by atoms with Crippen molar-refractivity contribution in [3.63, 3.8) is 0 Å². The van der Waals surface area contributed by atoms with Crippen LogP contribution in [-0.2, 0) is 4.74 Å². The Balaban J connectivity index is 1.89. The van der Waals surface area contributed by atoms with Crippen LogP contribution in [0, 0.1) is 0 Å². The fourth-order valence-corrected chi connectivity index (χ4v) is 2.94. The number of carbonyl (C=O) groups is 2. The van der Waals surface area contributed by atoms with Crippen molar-refractivity contribution in [3.05, 3.63) is 52.2 Å². The fourth-order valence-electron chi connectivity index (χ4n) is 2.24. The lowest BCUT2D eigenvalue weighted by atomic mass is 10.1. The summed E-state index contributed by atoms with van der Waals surface area (Å²) >= 11 is 1.63. The molecule has 0 bridgehead atoms. The highest BCUT2D eigenvalue weighted by Crippen LogP contribution is 2.20. The fraction of sp³-hybridized carbons (Fsp3) is 0.294. The van der Waals surface area contributed by atoms with E-state index in [4.69, 9.17) is 0 Å². The van der Waals surface area contributed by atoms with E-state index in [1.807, 2.05) is 19.5 Å². The Morgan fingerprint density at radius 3 is 2.46 bits per heavy atom. The molecule has 0 aliphatic heterocycles. The van der Waals surface area contributed by atoms with Crippen LogP contribution in [0.1, 0.15) is 22.0 Å². The Morgan fingerprint density at radius 1 is 1.21 bits per heavy atom. The summed E-state index contributed by atoms with van der Waals surface area (Å²) in [6, 6.07) is 8.42. The van der Waals surface area contributed by atoms with Crippen molar-refractivity contribution in [2.45, 2.75) is 6.04 Å². The summed E-state index contributed by atoms with van der Waals surface area (Å²) in [4.78, 5) is 25.5. The van der Waals surface area contributed by atoms with Crippen LogP contribution in [0.15, 0.2) is 41.1 Å². The number of benzene rings is 1. The van der Waals surface area contributed by atoms with Gasteiger partial charge in [-0.3, -0.25) is 0 Å². The Labute approximate surface area is 145 Å². The van der Waals surface area contributed by atoms with Crippen molar-refractivity contribution in [2.24, 2.45) is 0 Å². The lowest BCUT2D eigenvalue weighted by Gasteiger charge is -2.24. The maximum atomic E-state index is 12.1. The van der Waals surface area contributed by atoms with Gasteiger partial charge >= 0.3 is 12.0 Å². The van der Waals surface area contributed by atoms with Crippen LogP contribution in [0.4, 0.5) is 10.5 Å². The minimum Gasteiger partial charge on any atom is -0.465 e. The third kappa shape index (κ3) is 4.81. The number of amides is 2. The monoisotopic (exact) mass is 347 g/mol. The molecule has 1 atom stereocenters. The summed E-state index contributed by atoms with van der Waals surface area (Å²) in [5.41, 5.74) is 2.22. The van der Waals surface area contributed by atoms with Crippen LogP contribution in [0.5, 0.6) is 0 Å². The van der Waals surface area contributed by atoms with Gasteiger partial charge in [-0.05, 0) is 60.8 Å². The molecular weight excluding hydrogens is 326 g/mol. The second-order valence-corrected chi connectivity index (χ2v) is 6.22. The van der Waals surface area contributed by atoms with Crippen LogP contribution >= 0.6 is 11.3 Å². The molecule has 2 N–H and O–H groups in total. The average molecular weight is 347 g/mol. The van der Waals surface area contributed by atoms with E-state index in [0.29, 0.717) is 17.8 Å². The molecule has 1 aromatic heterocycles. The van der Waals surface area contributed by atoms with Crippen LogP contribution in [0.25, 0.3) is 0 Å². The highest BCUT2D eigenvalue weighted by Gasteiger charge is 2.15. The van der Waals surface area contributed by atoms with Gasteiger partial charge in [-0.25, -0.2) is 9.59 Å². The largest absolute Gasteiger partial charge is 0.465 e. The van der Waals surface area contributed by atoms with Gasteiger partial charge in [0.05, 0.1) is 18.7 Å². The molecule has 1 heterocycles. The zero-order chi connectivity index (χ0) is 17.5. The second-order valence-electron chi connectivity index (χ2n) is 5.44. The Bertz CT molecular complexity index is 669. The van der Waals surface area contributed by atoms with Gasteiger partial charge in [-0.2, -0.15) is 11.3 Å². The van der Waals surface area contributed by atoms with Crippen LogP contribution in [0.2, 0.25) is 0 Å². The van der Waals surface area contributed by atoms with E-state index in [2.05, 4.69) is 31.7 Å². The predicted molar refractivity (Wildman–Crippen MR) is 95.5 cm³/mol. The van der Waals surface area contributed by atoms with Gasteiger partial charge in [0.1, 0.15) is 0 Å². The number of esters is 1. The number of likely N-dealkylation sites (N-methyl/N-ethyl adjacent to an activating group) is 1. The van der Waals surface area contributed by atoms with E-state index in [1.165, 1.54) is 12.7 Å². The minimum atomic E-state index is -0.407. The van der Waals surface area contributed by atoms with Gasteiger partial charge < -0.3 is 20.3 Å². The number of nitrogens with one attached hydrogen (secondary N) is 2. The van der Waals surface area contributed by atoms with E-state index in [9.17, 15) is 9.59 Å². The summed E-state index contributed by atoms with van der Waals surface area (Å²) < 4.78 is 4.64. The maximum Gasteiger partial charge on any atom is 0.337 e. The normalized spacial score (nSPS) is 11.8. The highest BCUT2D eigenvalue weighted by molar-refractivity contribution is 7.07. The first-order valence-corrected chi connectivity index (χ1v) is 8.37. The molecule has 0 radical (unpaired) electrons. The Kier molecular flexibility index (Phi) is 6.34. The Morgan fingerprint density at radius 2 is 1.92 bits per heavy atom. The predicted octanol–water partition coefficient (Wildman–Crippen LogP) is 2.96. The number of anilines is 1. The van der Waals surface area contributed by atoms with Gasteiger partial charge in [0.15, 0.2) is 0 Å². The van der Waals surface area contributed by atoms with E-state index in [-0.39, 0.29) is 12.1 Å². The summed E-state index contributed by atoms with van der Waals surface area (Å²) in [7, 11) is 5.29. The number of methoxy groups -OCH3 is 1. The van der Waals surface area contributed by atoms with Gasteiger partial charge in [0, 0.05) is 12.2 Å². The van der Waals surface area contributed by atoms with Crippen molar-refractivity contribution in [1.82, 2.24) is 10.2 Å². The van der Waals surface area contributed by atoms with Crippen molar-refractivity contribution in [1.29, 1.82) is 0 Å². The molecule has 2 aromatic rings. The standard InChI is InChI=1S/C17H21N3O3S/c1-20(2)15(13-8-9-24-11-13)10-18-17(22)19-14-6-4-12(5-7-14)16(21)23-3/h4-9,11,15H,10H2,1-3H3,(H2,18,19,22)/t15-/m0/s1. The minimum absolute atomic E-state index is 0.115. The molecule has 7 heteroatoms. The zero-order valence-corrected chi connectivity index (χ0v) is 14.7. The van der Waals surface area contributed by atoms with E-state index in [0.717, 1.165) is 0 Å². The van der Waals surface area contributed by atoms with Gasteiger partial charge in [-0.15, -0.1) is 0 Å². The van der Waals surface area contributed by atoms with Crippen molar-refractivity contribution < 1.29 is 14.3 Å². The molecule has 2 rings (SSSR count). The highest BCUT2D eigenvalue weighted by atomic mass is 32.1. The molecule has 0 unspecified atom stereocenters. The van der Waals surface area contributed by atoms with Crippen LogP contribution < -0.4 is 10.6 Å². The molecule has 128 valence electrons. The number of hydrogen-bond donors (Lipinski definition) is 2. The van der Waals surface area contributed by atoms with Gasteiger partial charge in [0.2, 0.25) is 0 Å². The van der Waals surface area contributed by atoms with E-state index in [1.54, 1.807) is 35.6 Å². The number of carbonyl (C=O) groups excluding carboxylic acids is 2. The van der Waals surface area contributed by atoms with Crippen LogP contribution in [-0.4, -0.2) is 44.7 Å². The van der Waals surface area contributed by atoms with Crippen molar-refractivity contribution in [2.75, 3.05) is 33.1 Å². The third-order valence-electron chi connectivity index (χ3n) is 3.57. The topological polar surface area (TPSA) is 70.7 Å². The summed E-state index contributed by atoms with van der Waals surface area (Å²) in [5, 5.41) is 9.72. The lowest BCUT2D eigenvalue weighted by molar-refractivity contribution is 0.0601. The maximum absolute atomic E-state index is 12.1. The molecule has 0 spiro atoms. The van der Waals surface area contributed by atoms with E-state index < -0.39 is 5.97 Å². The zero-order valence-electron chi connectivity index (χ0n) is 13.9. The summed E-state index contributed by atoms with van der Waals surface area (Å²) in [6.45, 7) is 0.496. The third-order valence-corrected chi connectivity index (χ3v) is 4.27. The first kappa shape index (κ1) is 18.0. The summed E-state index contributed by atoms with van der Waals surface area (Å²) in [5.74, 6) is -0.407. The molecule has 0 saturated carbocycles. The SMILES string of the molecule is COC(=O)c1ccc(NC(=O)NC[C@@H](c2ccsc2)N(C)C)cc1. The number of nitrogens with zero attached hydrogens (tertiary/aromatic N) is 1. The van der Waals surface area contributed by atoms with Crippen molar-refractivity contribution in [3.8, 4) is 0 Å². The molecule has 0 saturated heterocycles. The lowest BCUT2D eigenvalue weighted by Crippen LogP contribution is -2.36. The number of rotatable bonds is 6. The van der Waals surface area contributed by atoms with E-state index >= 15 is 0 Å². The smallest absolute Gasteiger partial charge is 0.337 e. The molecule has 1 aromatic carbocycles. The van der Waals surface area contributed by atoms with Gasteiger partial charge in [0.25, 0.3) is 0 Å². The number of urea groups is 1. The summed E-state index contributed by atoms with van der Waals surface area (Å²) in [6.07, 6.45) is 0. The molecule has 24 heavy (non-hydrogen) atoms. The molecule has 2 amide bonds. The first-order chi connectivity index (χ1) is 11.5. The average Bonchev–Trinajstić information content (AvgIpc) is 3.09. The second kappa shape index (κ2) is 8.47. The quantitative estimate of drug-likeness (QED) is 0.788. The molecule has 0 aliphatic rings. The number of ether oxygens (including phenoxy) is 1. The molecule has 6 nitrogen and oxygen atoms in total. The van der Waals surface area contributed by atoms with Crippen LogP contribution in [0.3, 0.4) is 0 Å².